The smallest absolute Gasteiger partial charge is 0.204 e. The zero-order valence-electron chi connectivity index (χ0n) is 13.2. The summed E-state index contributed by atoms with van der Waals surface area (Å²) in [4.78, 5) is 12.9. The standard InChI is InChI=1S/C19H14O6/c1-24-14-5-4-10(6-12(14)21)19-16(9-2-3-9)18(23)17-13(22)7-11(20)8-15(17)25-19/h2,4-8,20-22H,3H2,1H3. The highest BCUT2D eigenvalue weighted by Gasteiger charge is 2.25. The topological polar surface area (TPSA) is 100 Å². The molecule has 3 N–H and O–H groups in total. The molecule has 0 unspecified atom stereocenters. The van der Waals surface area contributed by atoms with Crippen molar-refractivity contribution in [1.29, 1.82) is 0 Å². The summed E-state index contributed by atoms with van der Waals surface area (Å²) in [5.41, 5.74) is 1.33. The summed E-state index contributed by atoms with van der Waals surface area (Å²) in [6, 6.07) is 7.05. The van der Waals surface area contributed by atoms with Gasteiger partial charge in [0.25, 0.3) is 0 Å². The van der Waals surface area contributed by atoms with Crippen LogP contribution in [0.2, 0.25) is 0 Å². The minimum Gasteiger partial charge on any atom is -0.508 e. The van der Waals surface area contributed by atoms with Crippen LogP contribution in [0.25, 0.3) is 27.9 Å². The van der Waals surface area contributed by atoms with E-state index in [1.165, 1.54) is 19.2 Å². The second-order valence-electron chi connectivity index (χ2n) is 5.79. The van der Waals surface area contributed by atoms with Crippen LogP contribution in [0, 0.1) is 0 Å². The van der Waals surface area contributed by atoms with Crippen LogP contribution in [0.4, 0.5) is 0 Å². The molecule has 126 valence electrons. The molecular weight excluding hydrogens is 324 g/mol. The third-order valence-electron chi connectivity index (χ3n) is 4.13. The summed E-state index contributed by atoms with van der Waals surface area (Å²) < 4.78 is 10.9. The Balaban J connectivity index is 2.06. The first-order valence-corrected chi connectivity index (χ1v) is 7.59. The third kappa shape index (κ3) is 2.39. The van der Waals surface area contributed by atoms with Gasteiger partial charge in [-0.05, 0) is 30.2 Å². The molecule has 0 saturated carbocycles. The summed E-state index contributed by atoms with van der Waals surface area (Å²) in [7, 11) is 1.44. The molecule has 1 aliphatic rings. The van der Waals surface area contributed by atoms with Gasteiger partial charge in [0.2, 0.25) is 5.43 Å². The van der Waals surface area contributed by atoms with Crippen molar-refractivity contribution in [2.75, 3.05) is 7.11 Å². The quantitative estimate of drug-likeness (QED) is 0.677. The van der Waals surface area contributed by atoms with E-state index in [1.807, 2.05) is 6.08 Å². The first-order chi connectivity index (χ1) is 12.0. The van der Waals surface area contributed by atoms with Crippen LogP contribution >= 0.6 is 0 Å². The van der Waals surface area contributed by atoms with E-state index in [2.05, 4.69) is 0 Å². The van der Waals surface area contributed by atoms with Gasteiger partial charge in [-0.3, -0.25) is 4.79 Å². The lowest BCUT2D eigenvalue weighted by atomic mass is 10.0. The third-order valence-corrected chi connectivity index (χ3v) is 4.13. The summed E-state index contributed by atoms with van der Waals surface area (Å²) >= 11 is 0. The number of rotatable bonds is 3. The normalized spacial score (nSPS) is 12.9. The Labute approximate surface area is 141 Å². The molecule has 0 atom stereocenters. The highest BCUT2D eigenvalue weighted by Crippen LogP contribution is 2.41. The van der Waals surface area contributed by atoms with Crippen LogP contribution in [-0.2, 0) is 0 Å². The SMILES string of the molecule is COc1ccc(-c2oc3cc(O)cc(O)c3c(=O)c2C2=CC2)cc1O. The van der Waals surface area contributed by atoms with Gasteiger partial charge in [0.05, 0.1) is 12.7 Å². The number of fused-ring (bicyclic) bond motifs is 1. The molecule has 4 rings (SSSR count). The average Bonchev–Trinajstić information content (AvgIpc) is 3.38. The lowest BCUT2D eigenvalue weighted by molar-refractivity contribution is 0.373. The Kier molecular flexibility index (Phi) is 3.21. The van der Waals surface area contributed by atoms with Gasteiger partial charge in [0.1, 0.15) is 28.2 Å². The van der Waals surface area contributed by atoms with E-state index in [0.717, 1.165) is 11.6 Å². The maximum absolute atomic E-state index is 12.9. The van der Waals surface area contributed by atoms with Gasteiger partial charge >= 0.3 is 0 Å². The van der Waals surface area contributed by atoms with Gasteiger partial charge in [-0.1, -0.05) is 6.08 Å². The van der Waals surface area contributed by atoms with Crippen LogP contribution in [0.1, 0.15) is 12.0 Å². The summed E-state index contributed by atoms with van der Waals surface area (Å²) in [6.45, 7) is 0. The predicted octanol–water partition coefficient (Wildman–Crippen LogP) is 3.37. The zero-order chi connectivity index (χ0) is 17.7. The number of aromatic hydroxyl groups is 3. The average molecular weight is 338 g/mol. The molecule has 0 saturated heterocycles. The minimum absolute atomic E-state index is 0.0158. The van der Waals surface area contributed by atoms with Crippen LogP contribution < -0.4 is 10.2 Å². The predicted molar refractivity (Wildman–Crippen MR) is 92.1 cm³/mol. The van der Waals surface area contributed by atoms with Crippen molar-refractivity contribution in [2.45, 2.75) is 6.42 Å². The Hall–Kier alpha value is -3.41. The lowest BCUT2D eigenvalue weighted by Gasteiger charge is -2.11. The van der Waals surface area contributed by atoms with Gasteiger partial charge in [-0.2, -0.15) is 0 Å². The van der Waals surface area contributed by atoms with Crippen molar-refractivity contribution < 1.29 is 24.5 Å². The number of allylic oxidation sites excluding steroid dienone is 2. The fourth-order valence-electron chi connectivity index (χ4n) is 2.87. The molecule has 0 aliphatic heterocycles. The zero-order valence-corrected chi connectivity index (χ0v) is 13.2. The number of ether oxygens (including phenoxy) is 1. The van der Waals surface area contributed by atoms with Crippen molar-refractivity contribution >= 4 is 16.5 Å². The Morgan fingerprint density at radius 3 is 2.48 bits per heavy atom. The van der Waals surface area contributed by atoms with Crippen molar-refractivity contribution in [3.05, 3.63) is 52.2 Å². The summed E-state index contributed by atoms with van der Waals surface area (Å²) in [5.74, 6) is -0.0683. The van der Waals surface area contributed by atoms with E-state index in [0.29, 0.717) is 23.3 Å². The molecule has 6 nitrogen and oxygen atoms in total. The molecule has 0 fully saturated rings. The summed E-state index contributed by atoms with van der Waals surface area (Å²) in [6.07, 6.45) is 2.53. The van der Waals surface area contributed by atoms with Crippen LogP contribution in [-0.4, -0.2) is 22.4 Å². The highest BCUT2D eigenvalue weighted by molar-refractivity contribution is 5.94. The van der Waals surface area contributed by atoms with Gasteiger partial charge in [-0.15, -0.1) is 0 Å². The van der Waals surface area contributed by atoms with Gasteiger partial charge < -0.3 is 24.5 Å². The highest BCUT2D eigenvalue weighted by atomic mass is 16.5. The number of hydrogen-bond donors (Lipinski definition) is 3. The van der Waals surface area contributed by atoms with Crippen LogP contribution in [0.15, 0.2) is 45.6 Å². The second-order valence-corrected chi connectivity index (χ2v) is 5.79. The van der Waals surface area contributed by atoms with E-state index < -0.39 is 0 Å². The number of phenols is 3. The minimum atomic E-state index is -0.382. The largest absolute Gasteiger partial charge is 0.508 e. The van der Waals surface area contributed by atoms with Crippen molar-refractivity contribution in [3.8, 4) is 34.3 Å². The molecule has 0 bridgehead atoms. The molecule has 0 amide bonds. The van der Waals surface area contributed by atoms with Crippen molar-refractivity contribution in [1.82, 2.24) is 0 Å². The van der Waals surface area contributed by atoms with Gasteiger partial charge in [-0.25, -0.2) is 0 Å². The maximum Gasteiger partial charge on any atom is 0.204 e. The van der Waals surface area contributed by atoms with Crippen molar-refractivity contribution in [3.63, 3.8) is 0 Å². The monoisotopic (exact) mass is 338 g/mol. The van der Waals surface area contributed by atoms with Crippen LogP contribution in [0.3, 0.4) is 0 Å². The molecule has 2 aromatic carbocycles. The molecule has 3 aromatic rings. The van der Waals surface area contributed by atoms with E-state index in [4.69, 9.17) is 9.15 Å². The van der Waals surface area contributed by atoms with Gasteiger partial charge in [0.15, 0.2) is 11.5 Å². The lowest BCUT2D eigenvalue weighted by Crippen LogP contribution is -2.08. The molecule has 0 radical (unpaired) electrons. The maximum atomic E-state index is 12.9. The molecule has 1 aromatic heterocycles. The fraction of sp³-hybridized carbons (Fsp3) is 0.105. The van der Waals surface area contributed by atoms with Crippen LogP contribution in [0.5, 0.6) is 23.0 Å². The fourth-order valence-corrected chi connectivity index (χ4v) is 2.87. The van der Waals surface area contributed by atoms with E-state index in [-0.39, 0.29) is 39.4 Å². The molecule has 25 heavy (non-hydrogen) atoms. The molecular formula is C19H14O6. The molecule has 1 heterocycles. The number of methoxy groups -OCH3 is 1. The first-order valence-electron chi connectivity index (χ1n) is 7.59. The number of phenolic OH excluding ortho intramolecular Hbond substituents is 3. The van der Waals surface area contributed by atoms with Crippen molar-refractivity contribution in [2.24, 2.45) is 0 Å². The number of benzene rings is 2. The first kappa shape index (κ1) is 15.1. The Morgan fingerprint density at radius 1 is 1.08 bits per heavy atom. The Morgan fingerprint density at radius 2 is 1.84 bits per heavy atom. The second kappa shape index (κ2) is 5.31. The van der Waals surface area contributed by atoms with E-state index in [1.54, 1.807) is 12.1 Å². The molecule has 6 heteroatoms. The molecule has 1 aliphatic carbocycles. The van der Waals surface area contributed by atoms with Gasteiger partial charge in [0, 0.05) is 17.7 Å². The van der Waals surface area contributed by atoms with E-state index in [9.17, 15) is 20.1 Å². The van der Waals surface area contributed by atoms with E-state index >= 15 is 0 Å². The Bertz CT molecular complexity index is 1110. The summed E-state index contributed by atoms with van der Waals surface area (Å²) in [5, 5.41) is 29.8. The molecule has 0 spiro atoms. The number of hydrogen-bond acceptors (Lipinski definition) is 6.